The zero-order valence-electron chi connectivity index (χ0n) is 14.7. The van der Waals surface area contributed by atoms with Gasteiger partial charge in [-0.05, 0) is 59.4 Å². The van der Waals surface area contributed by atoms with Gasteiger partial charge in [0.15, 0.2) is 11.7 Å². The molecule has 0 spiro atoms. The highest BCUT2D eigenvalue weighted by atomic mass is 32.1. The van der Waals surface area contributed by atoms with Gasteiger partial charge in [-0.1, -0.05) is 30.3 Å². The lowest BCUT2D eigenvalue weighted by Gasteiger charge is -2.12. The number of amides is 1. The molecular formula is C20H19N3O3S. The van der Waals surface area contributed by atoms with E-state index in [9.17, 15) is 4.79 Å². The van der Waals surface area contributed by atoms with Gasteiger partial charge in [-0.2, -0.15) is 0 Å². The molecule has 27 heavy (non-hydrogen) atoms. The molecule has 1 amide bonds. The maximum Gasteiger partial charge on any atom is 0.276 e. The highest BCUT2D eigenvalue weighted by molar-refractivity contribution is 7.80. The molecule has 0 saturated carbocycles. The highest BCUT2D eigenvalue weighted by Gasteiger charge is 2.05. The predicted octanol–water partition coefficient (Wildman–Crippen LogP) is 3.25. The van der Waals surface area contributed by atoms with Crippen molar-refractivity contribution in [3.63, 3.8) is 0 Å². The molecule has 0 saturated heterocycles. The summed E-state index contributed by atoms with van der Waals surface area (Å²) in [6.45, 7) is -0.142. The number of hydrazine groups is 1. The lowest BCUT2D eigenvalue weighted by molar-refractivity contribution is -0.123. The third kappa shape index (κ3) is 5.32. The molecule has 6 nitrogen and oxygen atoms in total. The summed E-state index contributed by atoms with van der Waals surface area (Å²) in [4.78, 5) is 11.9. The molecule has 3 N–H and O–H groups in total. The van der Waals surface area contributed by atoms with E-state index in [0.29, 0.717) is 5.75 Å². The third-order valence-corrected chi connectivity index (χ3v) is 3.94. The van der Waals surface area contributed by atoms with Crippen LogP contribution in [0.25, 0.3) is 10.8 Å². The lowest BCUT2D eigenvalue weighted by atomic mass is 10.1. The topological polar surface area (TPSA) is 71.6 Å². The number of nitrogens with one attached hydrogen (secondary N) is 3. The number of para-hydroxylation sites is 1. The normalized spacial score (nSPS) is 10.1. The van der Waals surface area contributed by atoms with Crippen molar-refractivity contribution >= 4 is 39.7 Å². The van der Waals surface area contributed by atoms with E-state index in [1.165, 1.54) is 0 Å². The van der Waals surface area contributed by atoms with Crippen LogP contribution in [0.5, 0.6) is 11.5 Å². The molecule has 0 aromatic heterocycles. The fraction of sp³-hybridized carbons (Fsp3) is 0.100. The van der Waals surface area contributed by atoms with Crippen molar-refractivity contribution in [2.24, 2.45) is 0 Å². The summed E-state index contributed by atoms with van der Waals surface area (Å²) >= 11 is 5.12. The Balaban J connectivity index is 1.48. The van der Waals surface area contributed by atoms with Crippen LogP contribution in [-0.2, 0) is 4.79 Å². The van der Waals surface area contributed by atoms with Crippen LogP contribution >= 0.6 is 12.2 Å². The average molecular weight is 381 g/mol. The Morgan fingerprint density at radius 3 is 2.37 bits per heavy atom. The van der Waals surface area contributed by atoms with Crippen molar-refractivity contribution in [1.82, 2.24) is 10.9 Å². The van der Waals surface area contributed by atoms with Crippen LogP contribution in [0.4, 0.5) is 5.69 Å². The summed E-state index contributed by atoms with van der Waals surface area (Å²) in [5, 5.41) is 5.27. The number of benzene rings is 3. The van der Waals surface area contributed by atoms with Crippen LogP contribution in [-0.4, -0.2) is 24.7 Å². The van der Waals surface area contributed by atoms with Gasteiger partial charge >= 0.3 is 0 Å². The van der Waals surface area contributed by atoms with Gasteiger partial charge in [0.25, 0.3) is 5.91 Å². The summed E-state index contributed by atoms with van der Waals surface area (Å²) < 4.78 is 10.8. The van der Waals surface area contributed by atoms with E-state index in [0.717, 1.165) is 22.2 Å². The zero-order valence-corrected chi connectivity index (χ0v) is 15.5. The second-order valence-electron chi connectivity index (χ2n) is 5.66. The van der Waals surface area contributed by atoms with Gasteiger partial charge in [0.2, 0.25) is 0 Å². The Bertz CT molecular complexity index is 948. The first kappa shape index (κ1) is 18.5. The molecule has 0 aliphatic heterocycles. The van der Waals surface area contributed by atoms with Crippen molar-refractivity contribution in [2.45, 2.75) is 0 Å². The van der Waals surface area contributed by atoms with Crippen LogP contribution in [0.3, 0.4) is 0 Å². The molecule has 7 heteroatoms. The van der Waals surface area contributed by atoms with Gasteiger partial charge in [-0.25, -0.2) is 0 Å². The maximum atomic E-state index is 11.9. The zero-order chi connectivity index (χ0) is 19.1. The number of ether oxygens (including phenoxy) is 2. The standard InChI is InChI=1S/C20H19N3O3S/c1-25-17-9-7-14-8-10-18(12-15(14)11-17)26-13-19(24)22-23-20(27)21-16-5-3-2-4-6-16/h2-12H,13H2,1H3,(H,22,24)(H2,21,23,27). The smallest absolute Gasteiger partial charge is 0.276 e. The molecule has 0 fully saturated rings. The number of rotatable bonds is 5. The molecule has 0 unspecified atom stereocenters. The minimum atomic E-state index is -0.349. The number of fused-ring (bicyclic) bond motifs is 1. The van der Waals surface area contributed by atoms with Crippen LogP contribution in [0.2, 0.25) is 0 Å². The number of carbonyl (C=O) groups excluding carboxylic acids is 1. The van der Waals surface area contributed by atoms with E-state index in [-0.39, 0.29) is 17.6 Å². The number of methoxy groups -OCH3 is 1. The van der Waals surface area contributed by atoms with Gasteiger partial charge in [-0.3, -0.25) is 15.6 Å². The van der Waals surface area contributed by atoms with Crippen LogP contribution in [0.1, 0.15) is 0 Å². The first-order valence-corrected chi connectivity index (χ1v) is 8.66. The van der Waals surface area contributed by atoms with Crippen molar-refractivity contribution in [3.8, 4) is 11.5 Å². The third-order valence-electron chi connectivity index (χ3n) is 3.74. The molecule has 3 aromatic rings. The molecule has 3 rings (SSSR count). The molecule has 138 valence electrons. The number of hydrogen-bond donors (Lipinski definition) is 3. The summed E-state index contributed by atoms with van der Waals surface area (Å²) in [5.74, 6) is 1.01. The monoisotopic (exact) mass is 381 g/mol. The molecule has 0 atom stereocenters. The van der Waals surface area contributed by atoms with Gasteiger partial charge in [-0.15, -0.1) is 0 Å². The summed E-state index contributed by atoms with van der Waals surface area (Å²) in [6, 6.07) is 20.8. The molecule has 0 radical (unpaired) electrons. The molecule has 0 aliphatic carbocycles. The number of carbonyl (C=O) groups is 1. The van der Waals surface area contributed by atoms with Gasteiger partial charge in [0.05, 0.1) is 7.11 Å². The van der Waals surface area contributed by atoms with Crippen LogP contribution in [0, 0.1) is 0 Å². The van der Waals surface area contributed by atoms with E-state index in [1.807, 2.05) is 66.7 Å². The van der Waals surface area contributed by atoms with E-state index in [4.69, 9.17) is 21.7 Å². The predicted molar refractivity (Wildman–Crippen MR) is 110 cm³/mol. The molecule has 0 bridgehead atoms. The Labute approximate surface area is 162 Å². The molecule has 3 aromatic carbocycles. The Morgan fingerprint density at radius 1 is 0.926 bits per heavy atom. The van der Waals surface area contributed by atoms with Crippen LogP contribution in [0.15, 0.2) is 66.7 Å². The average Bonchev–Trinajstić information content (AvgIpc) is 2.70. The van der Waals surface area contributed by atoms with E-state index in [1.54, 1.807) is 7.11 Å². The number of thiocarbonyl (C=S) groups is 1. The first-order chi connectivity index (χ1) is 13.1. The Morgan fingerprint density at radius 2 is 1.63 bits per heavy atom. The molecule has 0 heterocycles. The Kier molecular flexibility index (Phi) is 6.06. The Hall–Kier alpha value is -3.32. The van der Waals surface area contributed by atoms with Crippen molar-refractivity contribution in [2.75, 3.05) is 19.0 Å². The number of hydrogen-bond acceptors (Lipinski definition) is 4. The highest BCUT2D eigenvalue weighted by Crippen LogP contribution is 2.24. The van der Waals surface area contributed by atoms with Crippen LogP contribution < -0.4 is 25.6 Å². The van der Waals surface area contributed by atoms with Gasteiger partial charge in [0.1, 0.15) is 11.5 Å². The van der Waals surface area contributed by atoms with Crippen molar-refractivity contribution < 1.29 is 14.3 Å². The van der Waals surface area contributed by atoms with E-state index in [2.05, 4.69) is 16.2 Å². The first-order valence-electron chi connectivity index (χ1n) is 8.25. The summed E-state index contributed by atoms with van der Waals surface area (Å²) in [5.41, 5.74) is 5.95. The molecular weight excluding hydrogens is 362 g/mol. The van der Waals surface area contributed by atoms with Crippen molar-refractivity contribution in [1.29, 1.82) is 0 Å². The number of anilines is 1. The largest absolute Gasteiger partial charge is 0.497 e. The van der Waals surface area contributed by atoms with Crippen molar-refractivity contribution in [3.05, 3.63) is 66.7 Å². The van der Waals surface area contributed by atoms with Gasteiger partial charge < -0.3 is 14.8 Å². The van der Waals surface area contributed by atoms with E-state index < -0.39 is 0 Å². The second-order valence-corrected chi connectivity index (χ2v) is 6.07. The minimum absolute atomic E-state index is 0.142. The molecule has 0 aliphatic rings. The fourth-order valence-electron chi connectivity index (χ4n) is 2.41. The fourth-order valence-corrected chi connectivity index (χ4v) is 2.58. The summed E-state index contributed by atoms with van der Waals surface area (Å²) in [6.07, 6.45) is 0. The lowest BCUT2D eigenvalue weighted by Crippen LogP contribution is -2.45. The second kappa shape index (κ2) is 8.86. The van der Waals surface area contributed by atoms with Gasteiger partial charge in [0, 0.05) is 5.69 Å². The minimum Gasteiger partial charge on any atom is -0.497 e. The summed E-state index contributed by atoms with van der Waals surface area (Å²) in [7, 11) is 1.62. The quantitative estimate of drug-likeness (QED) is 0.466. The maximum absolute atomic E-state index is 11.9. The SMILES string of the molecule is COc1ccc2ccc(OCC(=O)NNC(=S)Nc3ccccc3)cc2c1. The van der Waals surface area contributed by atoms with E-state index >= 15 is 0 Å².